The van der Waals surface area contributed by atoms with Gasteiger partial charge in [0.2, 0.25) is 16.9 Å². The first-order valence-electron chi connectivity index (χ1n) is 7.73. The van der Waals surface area contributed by atoms with Crippen molar-refractivity contribution in [3.05, 3.63) is 5.01 Å². The van der Waals surface area contributed by atoms with Crippen molar-refractivity contribution in [2.75, 3.05) is 25.5 Å². The van der Waals surface area contributed by atoms with Crippen molar-refractivity contribution in [1.29, 1.82) is 0 Å². The lowest BCUT2D eigenvalue weighted by Gasteiger charge is -2.35. The van der Waals surface area contributed by atoms with Gasteiger partial charge in [-0.15, -0.1) is 10.2 Å². The Bertz CT molecular complexity index is 567. The van der Waals surface area contributed by atoms with E-state index in [1.807, 2.05) is 20.8 Å². The maximum Gasteiger partial charge on any atom is 0.231 e. The fraction of sp³-hybridized carbons (Fsp3) is 0.733. The molecular weight excluding hydrogens is 316 g/mol. The van der Waals surface area contributed by atoms with Gasteiger partial charge in [-0.05, 0) is 12.8 Å². The summed E-state index contributed by atoms with van der Waals surface area (Å²) in [4.78, 5) is 26.6. The molecule has 1 saturated heterocycles. The van der Waals surface area contributed by atoms with E-state index >= 15 is 0 Å². The Morgan fingerprint density at radius 2 is 2.13 bits per heavy atom. The van der Waals surface area contributed by atoms with Crippen molar-refractivity contribution in [1.82, 2.24) is 15.1 Å². The van der Waals surface area contributed by atoms with Crippen LogP contribution in [0.1, 0.15) is 38.6 Å². The Hall–Kier alpha value is -1.54. The summed E-state index contributed by atoms with van der Waals surface area (Å²) in [6, 6.07) is 0. The number of nitrogens with zero attached hydrogens (tertiary/aromatic N) is 3. The highest BCUT2D eigenvalue weighted by Gasteiger charge is 2.33. The van der Waals surface area contributed by atoms with Gasteiger partial charge in [-0.25, -0.2) is 0 Å². The third-order valence-corrected chi connectivity index (χ3v) is 4.50. The van der Waals surface area contributed by atoms with Gasteiger partial charge in [0.15, 0.2) is 0 Å². The van der Waals surface area contributed by atoms with Gasteiger partial charge < -0.3 is 15.0 Å². The van der Waals surface area contributed by atoms with E-state index in [4.69, 9.17) is 4.74 Å². The summed E-state index contributed by atoms with van der Waals surface area (Å²) in [5.41, 5.74) is -0.424. The van der Waals surface area contributed by atoms with Gasteiger partial charge in [-0.1, -0.05) is 32.1 Å². The van der Waals surface area contributed by atoms with Crippen molar-refractivity contribution in [3.8, 4) is 0 Å². The first-order chi connectivity index (χ1) is 10.8. The second-order valence-corrected chi connectivity index (χ2v) is 7.83. The van der Waals surface area contributed by atoms with Crippen LogP contribution in [0.15, 0.2) is 0 Å². The average Bonchev–Trinajstić information content (AvgIpc) is 2.93. The van der Waals surface area contributed by atoms with Crippen molar-refractivity contribution in [3.63, 3.8) is 0 Å². The number of rotatable bonds is 4. The van der Waals surface area contributed by atoms with Gasteiger partial charge in [0, 0.05) is 25.6 Å². The Labute approximate surface area is 140 Å². The van der Waals surface area contributed by atoms with Gasteiger partial charge in [0.1, 0.15) is 11.6 Å². The number of hydrogen-bond donors (Lipinski definition) is 1. The lowest BCUT2D eigenvalue weighted by atomic mass is 9.91. The highest BCUT2D eigenvalue weighted by atomic mass is 32.1. The van der Waals surface area contributed by atoms with Crippen LogP contribution in [0.4, 0.5) is 5.13 Å². The molecule has 7 nitrogen and oxygen atoms in total. The molecule has 2 rings (SSSR count). The first-order valence-corrected chi connectivity index (χ1v) is 8.54. The van der Waals surface area contributed by atoms with Crippen LogP contribution in [0.5, 0.6) is 0 Å². The maximum absolute atomic E-state index is 12.4. The van der Waals surface area contributed by atoms with Crippen molar-refractivity contribution in [2.24, 2.45) is 11.3 Å². The van der Waals surface area contributed by atoms with Gasteiger partial charge in [0.05, 0.1) is 5.92 Å². The molecule has 2 heterocycles. The highest BCUT2D eigenvalue weighted by molar-refractivity contribution is 7.15. The van der Waals surface area contributed by atoms with Gasteiger partial charge in [-0.3, -0.25) is 9.59 Å². The minimum atomic E-state index is -0.424. The molecule has 0 saturated carbocycles. The zero-order chi connectivity index (χ0) is 17.0. The van der Waals surface area contributed by atoms with Crippen LogP contribution in [0.2, 0.25) is 0 Å². The molecule has 1 N–H and O–H groups in total. The number of ether oxygens (including phenoxy) is 1. The summed E-state index contributed by atoms with van der Waals surface area (Å²) in [7, 11) is 1.59. The number of carbonyl (C=O) groups excluding carboxylic acids is 2. The number of nitrogens with one attached hydrogen (secondary N) is 1. The lowest BCUT2D eigenvalue weighted by molar-refractivity contribution is -0.142. The van der Waals surface area contributed by atoms with E-state index < -0.39 is 5.41 Å². The lowest BCUT2D eigenvalue weighted by Crippen LogP contribution is -2.47. The molecule has 0 spiro atoms. The van der Waals surface area contributed by atoms with Crippen LogP contribution >= 0.6 is 11.3 Å². The van der Waals surface area contributed by atoms with Gasteiger partial charge >= 0.3 is 0 Å². The summed E-state index contributed by atoms with van der Waals surface area (Å²) in [5.74, 6) is -0.213. The zero-order valence-electron chi connectivity index (χ0n) is 14.1. The maximum atomic E-state index is 12.4. The minimum absolute atomic E-state index is 0.0910. The van der Waals surface area contributed by atoms with E-state index in [2.05, 4.69) is 15.5 Å². The summed E-state index contributed by atoms with van der Waals surface area (Å²) in [6.07, 6.45) is 1.62. The summed E-state index contributed by atoms with van der Waals surface area (Å²) in [5, 5.41) is 11.9. The Morgan fingerprint density at radius 3 is 2.78 bits per heavy atom. The van der Waals surface area contributed by atoms with Gasteiger partial charge in [-0.2, -0.15) is 0 Å². The van der Waals surface area contributed by atoms with Crippen LogP contribution < -0.4 is 5.32 Å². The van der Waals surface area contributed by atoms with Crippen LogP contribution in [0.25, 0.3) is 0 Å². The SMILES string of the molecule is COCc1nnc(NC(=O)[C@@H]2CCCN(C(=O)C(C)(C)C)C2)s1. The third kappa shape index (κ3) is 4.71. The molecule has 8 heteroatoms. The molecule has 1 fully saturated rings. The molecule has 1 aromatic heterocycles. The van der Waals surface area contributed by atoms with Crippen LogP contribution in [-0.2, 0) is 20.9 Å². The molecular formula is C15H24N4O3S. The van der Waals surface area contributed by atoms with E-state index in [-0.39, 0.29) is 17.7 Å². The monoisotopic (exact) mass is 340 g/mol. The van der Waals surface area contributed by atoms with E-state index in [9.17, 15) is 9.59 Å². The largest absolute Gasteiger partial charge is 0.377 e. The second-order valence-electron chi connectivity index (χ2n) is 6.76. The Balaban J connectivity index is 1.95. The molecule has 0 aromatic carbocycles. The summed E-state index contributed by atoms with van der Waals surface area (Å²) >= 11 is 1.30. The number of anilines is 1. The average molecular weight is 340 g/mol. The molecule has 0 bridgehead atoms. The smallest absolute Gasteiger partial charge is 0.231 e. The summed E-state index contributed by atoms with van der Waals surface area (Å²) < 4.78 is 4.99. The minimum Gasteiger partial charge on any atom is -0.377 e. The molecule has 1 aromatic rings. The number of likely N-dealkylation sites (tertiary alicyclic amines) is 1. The normalized spacial score (nSPS) is 18.8. The number of amides is 2. The van der Waals surface area contributed by atoms with Crippen LogP contribution in [0, 0.1) is 11.3 Å². The highest BCUT2D eigenvalue weighted by Crippen LogP contribution is 2.25. The van der Waals surface area contributed by atoms with Crippen molar-refractivity contribution >= 4 is 28.3 Å². The topological polar surface area (TPSA) is 84.4 Å². The standard InChI is InChI=1S/C15H24N4O3S/c1-15(2,3)13(21)19-7-5-6-10(8-19)12(20)16-14-18-17-11(23-14)9-22-4/h10H,5-9H2,1-4H3,(H,16,18,20)/t10-/m1/s1. The Kier molecular flexibility index (Phi) is 5.69. The number of methoxy groups -OCH3 is 1. The molecule has 0 radical (unpaired) electrons. The molecule has 2 amide bonds. The van der Waals surface area contributed by atoms with E-state index in [1.165, 1.54) is 11.3 Å². The summed E-state index contributed by atoms with van der Waals surface area (Å²) in [6.45, 7) is 7.26. The number of aromatic nitrogens is 2. The predicted octanol–water partition coefficient (Wildman–Crippen LogP) is 1.91. The number of hydrogen-bond acceptors (Lipinski definition) is 6. The number of carbonyl (C=O) groups is 2. The second kappa shape index (κ2) is 7.35. The fourth-order valence-corrected chi connectivity index (χ4v) is 3.26. The Morgan fingerprint density at radius 1 is 1.39 bits per heavy atom. The van der Waals surface area contributed by atoms with Crippen molar-refractivity contribution < 1.29 is 14.3 Å². The van der Waals surface area contributed by atoms with E-state index in [1.54, 1.807) is 12.0 Å². The molecule has 128 valence electrons. The predicted molar refractivity (Wildman–Crippen MR) is 88.0 cm³/mol. The quantitative estimate of drug-likeness (QED) is 0.905. The number of piperidine rings is 1. The van der Waals surface area contributed by atoms with E-state index in [0.717, 1.165) is 24.4 Å². The molecule has 23 heavy (non-hydrogen) atoms. The third-order valence-electron chi connectivity index (χ3n) is 3.69. The van der Waals surface area contributed by atoms with Crippen molar-refractivity contribution in [2.45, 2.75) is 40.2 Å². The molecule has 0 aliphatic carbocycles. The van der Waals surface area contributed by atoms with Crippen LogP contribution in [0.3, 0.4) is 0 Å². The molecule has 1 aliphatic rings. The van der Waals surface area contributed by atoms with E-state index in [0.29, 0.717) is 18.3 Å². The van der Waals surface area contributed by atoms with Gasteiger partial charge in [0.25, 0.3) is 0 Å². The zero-order valence-corrected chi connectivity index (χ0v) is 14.9. The first kappa shape index (κ1) is 17.8. The molecule has 0 unspecified atom stereocenters. The molecule has 1 aliphatic heterocycles. The molecule has 1 atom stereocenters. The fourth-order valence-electron chi connectivity index (χ4n) is 2.54. The van der Waals surface area contributed by atoms with Crippen LogP contribution in [-0.4, -0.2) is 47.1 Å².